The highest BCUT2D eigenvalue weighted by Crippen LogP contribution is 2.55. The van der Waals surface area contributed by atoms with Crippen molar-refractivity contribution in [3.05, 3.63) is 58.5 Å². The fraction of sp³-hybridized carbons (Fsp3) is 0.536. The maximum absolute atomic E-state index is 13.2. The first-order chi connectivity index (χ1) is 17.1. The Balaban J connectivity index is 1.22. The van der Waals surface area contributed by atoms with E-state index in [0.29, 0.717) is 27.4 Å². The Morgan fingerprint density at radius 1 is 1.17 bits per heavy atom. The smallest absolute Gasteiger partial charge is 0.253 e. The predicted molar refractivity (Wildman–Crippen MR) is 142 cm³/mol. The van der Waals surface area contributed by atoms with Crippen molar-refractivity contribution >= 4 is 29.0 Å². The number of carbonyl (C=O) groups is 1. The van der Waals surface area contributed by atoms with Crippen LogP contribution in [0.1, 0.15) is 50.9 Å². The van der Waals surface area contributed by atoms with Crippen LogP contribution in [0.5, 0.6) is 5.75 Å². The number of halogens is 1. The molecule has 1 aromatic carbocycles. The van der Waals surface area contributed by atoms with Crippen molar-refractivity contribution in [2.24, 2.45) is 16.2 Å². The van der Waals surface area contributed by atoms with E-state index in [1.165, 1.54) is 12.8 Å². The Morgan fingerprint density at radius 2 is 1.86 bits per heavy atom. The number of nitrogens with one attached hydrogen (secondary N) is 2. The number of ether oxygens (including phenoxy) is 1. The second-order valence-corrected chi connectivity index (χ2v) is 12.2. The minimum atomic E-state index is -0.308. The number of carbonyl (C=O) groups excluding carboxylic acids is 1. The highest BCUT2D eigenvalue weighted by Gasteiger charge is 2.64. The van der Waals surface area contributed by atoms with Gasteiger partial charge >= 0.3 is 0 Å². The maximum Gasteiger partial charge on any atom is 0.253 e. The number of piperidine rings is 1. The lowest BCUT2D eigenvalue weighted by Crippen LogP contribution is -2.74. The normalized spacial score (nSPS) is 25.3. The summed E-state index contributed by atoms with van der Waals surface area (Å²) in [5.41, 5.74) is 0.844. The minimum absolute atomic E-state index is 0.0884. The van der Waals surface area contributed by atoms with Gasteiger partial charge in [-0.05, 0) is 42.5 Å². The van der Waals surface area contributed by atoms with Crippen LogP contribution in [0.3, 0.4) is 0 Å². The second-order valence-electron chi connectivity index (χ2n) is 11.8. The third-order valence-electron chi connectivity index (χ3n) is 8.57. The molecule has 190 valence electrons. The molecule has 3 aliphatic rings. The number of benzene rings is 1. The zero-order valence-corrected chi connectivity index (χ0v) is 22.2. The molecule has 8 heteroatoms. The molecule has 36 heavy (non-hydrogen) atoms. The van der Waals surface area contributed by atoms with Crippen LogP contribution in [0.4, 0.5) is 11.5 Å². The van der Waals surface area contributed by atoms with Crippen LogP contribution in [0, 0.1) is 22.8 Å². The highest BCUT2D eigenvalue weighted by molar-refractivity contribution is 6.33. The summed E-state index contributed by atoms with van der Waals surface area (Å²) in [4.78, 5) is 23.5. The Morgan fingerprint density at radius 3 is 2.39 bits per heavy atom. The zero-order chi connectivity index (χ0) is 25.7. The van der Waals surface area contributed by atoms with Crippen molar-refractivity contribution in [1.29, 1.82) is 0 Å². The van der Waals surface area contributed by atoms with Crippen molar-refractivity contribution in [1.82, 2.24) is 15.6 Å². The lowest BCUT2D eigenvalue weighted by molar-refractivity contribution is -0.164. The van der Waals surface area contributed by atoms with E-state index in [2.05, 4.69) is 53.1 Å². The molecule has 0 unspecified atom stereocenters. The number of pyridine rings is 1. The van der Waals surface area contributed by atoms with Crippen LogP contribution in [0.15, 0.2) is 36.5 Å². The van der Waals surface area contributed by atoms with Gasteiger partial charge in [-0.2, -0.15) is 0 Å². The van der Waals surface area contributed by atoms with E-state index in [9.17, 15) is 4.79 Å². The van der Waals surface area contributed by atoms with Crippen LogP contribution in [-0.4, -0.2) is 49.2 Å². The van der Waals surface area contributed by atoms with Gasteiger partial charge in [0, 0.05) is 49.2 Å². The van der Waals surface area contributed by atoms with Gasteiger partial charge in [0.2, 0.25) is 5.69 Å². The summed E-state index contributed by atoms with van der Waals surface area (Å²) in [5.74, 6) is 1.44. The average Bonchev–Trinajstić information content (AvgIpc) is 2.84. The molecule has 1 saturated carbocycles. The quantitative estimate of drug-likeness (QED) is 0.552. The van der Waals surface area contributed by atoms with Crippen LogP contribution in [-0.2, 0) is 0 Å². The Kier molecular flexibility index (Phi) is 6.17. The molecule has 2 N–H and O–H groups in total. The van der Waals surface area contributed by atoms with E-state index in [1.54, 1.807) is 24.4 Å². The van der Waals surface area contributed by atoms with Gasteiger partial charge in [0.15, 0.2) is 0 Å². The summed E-state index contributed by atoms with van der Waals surface area (Å²) in [7, 11) is 0. The molecule has 1 aromatic heterocycles. The molecule has 3 fully saturated rings. The molecule has 1 aliphatic carbocycles. The van der Waals surface area contributed by atoms with E-state index >= 15 is 0 Å². The number of hydrogen-bond acceptors (Lipinski definition) is 5. The minimum Gasteiger partial charge on any atom is -0.489 e. The van der Waals surface area contributed by atoms with Crippen molar-refractivity contribution in [3.63, 3.8) is 0 Å². The zero-order valence-electron chi connectivity index (χ0n) is 21.4. The second kappa shape index (κ2) is 8.93. The molecule has 7 nitrogen and oxygen atoms in total. The van der Waals surface area contributed by atoms with E-state index in [1.807, 2.05) is 12.1 Å². The van der Waals surface area contributed by atoms with Crippen molar-refractivity contribution in [2.75, 3.05) is 31.1 Å². The third-order valence-corrected chi connectivity index (χ3v) is 8.87. The van der Waals surface area contributed by atoms with Crippen LogP contribution >= 0.6 is 11.6 Å². The van der Waals surface area contributed by atoms with Gasteiger partial charge in [-0.15, -0.1) is 0 Å². The van der Waals surface area contributed by atoms with Gasteiger partial charge in [0.1, 0.15) is 17.7 Å². The first kappa shape index (κ1) is 24.9. The lowest BCUT2D eigenvalue weighted by atomic mass is 9.49. The molecule has 3 heterocycles. The standard InChI is InChI=1S/C28H34ClN5O2/c1-26(2)24(27(3,4)25(26)36-19-7-8-21(30-5)20(29)14-19)33-23(35)18-6-9-22(32-15-18)34-12-10-28(11-13-34)16-31-17-28/h6-9,14-15,24-25,31H,10-13,16-17H2,1-4H3,(H,33,35). The Hall–Kier alpha value is -2.82. The van der Waals surface area contributed by atoms with Crippen LogP contribution < -0.4 is 20.3 Å². The van der Waals surface area contributed by atoms with Gasteiger partial charge in [0.25, 0.3) is 5.91 Å². The topological polar surface area (TPSA) is 70.8 Å². The van der Waals surface area contributed by atoms with Crippen LogP contribution in [0.25, 0.3) is 4.85 Å². The molecule has 1 amide bonds. The summed E-state index contributed by atoms with van der Waals surface area (Å²) in [6.07, 6.45) is 3.93. The molecule has 2 aromatic rings. The average molecular weight is 508 g/mol. The Labute approximate surface area is 218 Å². The van der Waals surface area contributed by atoms with E-state index in [0.717, 1.165) is 32.0 Å². The van der Waals surface area contributed by atoms with Gasteiger partial charge in [-0.1, -0.05) is 45.4 Å². The highest BCUT2D eigenvalue weighted by atomic mass is 35.5. The number of aromatic nitrogens is 1. The molecule has 1 spiro atoms. The van der Waals surface area contributed by atoms with E-state index < -0.39 is 0 Å². The first-order valence-electron chi connectivity index (χ1n) is 12.6. The third kappa shape index (κ3) is 4.21. The number of anilines is 1. The number of hydrogen-bond donors (Lipinski definition) is 2. The van der Waals surface area contributed by atoms with Gasteiger partial charge < -0.3 is 20.3 Å². The predicted octanol–water partition coefficient (Wildman–Crippen LogP) is 5.09. The summed E-state index contributed by atoms with van der Waals surface area (Å²) in [6.45, 7) is 19.9. The molecular weight excluding hydrogens is 474 g/mol. The van der Waals surface area contributed by atoms with Gasteiger partial charge in [-0.3, -0.25) is 4.79 Å². The number of amides is 1. The summed E-state index contributed by atoms with van der Waals surface area (Å²) in [6, 6.07) is 8.88. The summed E-state index contributed by atoms with van der Waals surface area (Å²) >= 11 is 6.20. The monoisotopic (exact) mass is 507 g/mol. The largest absolute Gasteiger partial charge is 0.489 e. The van der Waals surface area contributed by atoms with Crippen molar-refractivity contribution in [2.45, 2.75) is 52.7 Å². The molecule has 5 rings (SSSR count). The summed E-state index contributed by atoms with van der Waals surface area (Å²) in [5, 5.41) is 7.02. The summed E-state index contributed by atoms with van der Waals surface area (Å²) < 4.78 is 6.33. The SMILES string of the molecule is [C-]#[N+]c1ccc(OC2C(C)(C)C(NC(=O)c3ccc(N4CCC5(CC4)CNC5)nc3)C2(C)C)cc1Cl. The lowest BCUT2D eigenvalue weighted by Gasteiger charge is -2.63. The van der Waals surface area contributed by atoms with Crippen molar-refractivity contribution < 1.29 is 9.53 Å². The number of nitrogens with zero attached hydrogens (tertiary/aromatic N) is 3. The molecule has 0 bridgehead atoms. The molecule has 2 saturated heterocycles. The molecule has 0 radical (unpaired) electrons. The Bertz CT molecular complexity index is 1170. The van der Waals surface area contributed by atoms with E-state index in [4.69, 9.17) is 22.9 Å². The van der Waals surface area contributed by atoms with Gasteiger partial charge in [-0.25, -0.2) is 9.83 Å². The molecular formula is C28H34ClN5O2. The molecule has 0 atom stereocenters. The first-order valence-corrected chi connectivity index (χ1v) is 13.0. The fourth-order valence-electron chi connectivity index (χ4n) is 6.55. The molecule has 2 aliphatic heterocycles. The van der Waals surface area contributed by atoms with Gasteiger partial charge in [0.05, 0.1) is 17.2 Å². The fourth-order valence-corrected chi connectivity index (χ4v) is 6.76. The van der Waals surface area contributed by atoms with E-state index in [-0.39, 0.29) is 28.9 Å². The van der Waals surface area contributed by atoms with Crippen LogP contribution in [0.2, 0.25) is 5.02 Å². The van der Waals surface area contributed by atoms with Crippen molar-refractivity contribution in [3.8, 4) is 5.75 Å². The maximum atomic E-state index is 13.2. The number of rotatable bonds is 5.